The number of nitrogens with one attached hydrogen (secondary N) is 1. The third-order valence-corrected chi connectivity index (χ3v) is 6.34. The van der Waals surface area contributed by atoms with Gasteiger partial charge in [-0.15, -0.1) is 0 Å². The number of hydrogen-bond acceptors (Lipinski definition) is 5. The monoisotopic (exact) mass is 413 g/mol. The van der Waals surface area contributed by atoms with Crippen LogP contribution in [0.15, 0.2) is 65.8 Å². The minimum absolute atomic E-state index is 0.163. The Labute approximate surface area is 170 Å². The van der Waals surface area contributed by atoms with Crippen LogP contribution in [0.3, 0.4) is 0 Å². The fourth-order valence-corrected chi connectivity index (χ4v) is 4.79. The summed E-state index contributed by atoms with van der Waals surface area (Å²) in [4.78, 5) is 16.8. The van der Waals surface area contributed by atoms with Crippen LogP contribution < -0.4 is 10.1 Å². The van der Waals surface area contributed by atoms with E-state index in [1.54, 1.807) is 60.9 Å². The van der Waals surface area contributed by atoms with Gasteiger partial charge in [-0.1, -0.05) is 31.2 Å². The van der Waals surface area contributed by atoms with Gasteiger partial charge in [0.1, 0.15) is 5.75 Å². The number of methoxy groups -OCH3 is 1. The van der Waals surface area contributed by atoms with Crippen molar-refractivity contribution in [2.24, 2.45) is 0 Å². The van der Waals surface area contributed by atoms with Crippen molar-refractivity contribution in [2.75, 3.05) is 25.5 Å². The molecule has 0 aliphatic carbocycles. The van der Waals surface area contributed by atoms with Crippen LogP contribution >= 0.6 is 0 Å². The summed E-state index contributed by atoms with van der Waals surface area (Å²) in [5.74, 6) is 0.0701. The second-order valence-electron chi connectivity index (χ2n) is 6.44. The van der Waals surface area contributed by atoms with Gasteiger partial charge in [0.25, 0.3) is 0 Å². The lowest BCUT2D eigenvalue weighted by Crippen LogP contribution is -2.38. The molecular weight excluding hydrogens is 390 g/mol. The molecule has 3 aromatic rings. The zero-order valence-corrected chi connectivity index (χ0v) is 17.1. The summed E-state index contributed by atoms with van der Waals surface area (Å²) >= 11 is 0. The molecule has 29 heavy (non-hydrogen) atoms. The van der Waals surface area contributed by atoms with E-state index in [9.17, 15) is 13.2 Å². The number of para-hydroxylation sites is 2. The Hall–Kier alpha value is -2.97. The van der Waals surface area contributed by atoms with Gasteiger partial charge in [-0.3, -0.25) is 9.78 Å². The normalized spacial score (nSPS) is 11.6. The number of amides is 1. The Morgan fingerprint density at radius 1 is 1.14 bits per heavy atom. The van der Waals surface area contributed by atoms with Crippen molar-refractivity contribution in [3.8, 4) is 5.75 Å². The molecule has 0 aliphatic rings. The lowest BCUT2D eigenvalue weighted by molar-refractivity contribution is -0.116. The van der Waals surface area contributed by atoms with Crippen LogP contribution in [0.5, 0.6) is 5.75 Å². The fraction of sp³-hybridized carbons (Fsp3) is 0.238. The first-order chi connectivity index (χ1) is 14.0. The van der Waals surface area contributed by atoms with Crippen LogP contribution in [0.1, 0.15) is 13.3 Å². The summed E-state index contributed by atoms with van der Waals surface area (Å²) in [7, 11) is -2.37. The number of fused-ring (bicyclic) bond motifs is 1. The van der Waals surface area contributed by atoms with Crippen LogP contribution in [-0.4, -0.2) is 43.8 Å². The number of ether oxygens (including phenoxy) is 1. The molecule has 1 N–H and O–H groups in total. The molecule has 0 aliphatic heterocycles. The van der Waals surface area contributed by atoms with Crippen molar-refractivity contribution in [1.29, 1.82) is 0 Å². The molecule has 0 bridgehead atoms. The van der Waals surface area contributed by atoms with Gasteiger partial charge >= 0.3 is 0 Å². The van der Waals surface area contributed by atoms with E-state index in [0.29, 0.717) is 23.2 Å². The molecule has 0 unspecified atom stereocenters. The first-order valence-electron chi connectivity index (χ1n) is 9.23. The second kappa shape index (κ2) is 9.02. The van der Waals surface area contributed by atoms with Crippen molar-refractivity contribution in [3.05, 3.63) is 60.9 Å². The van der Waals surface area contributed by atoms with Crippen LogP contribution in [0.4, 0.5) is 5.69 Å². The molecule has 8 heteroatoms. The van der Waals surface area contributed by atoms with Gasteiger partial charge in [-0.25, -0.2) is 8.42 Å². The summed E-state index contributed by atoms with van der Waals surface area (Å²) in [6.07, 6.45) is 3.75. The lowest BCUT2D eigenvalue weighted by Gasteiger charge is -2.22. The van der Waals surface area contributed by atoms with Crippen molar-refractivity contribution in [2.45, 2.75) is 18.2 Å². The van der Waals surface area contributed by atoms with E-state index in [1.165, 1.54) is 11.4 Å². The van der Waals surface area contributed by atoms with Crippen LogP contribution in [0.2, 0.25) is 0 Å². The van der Waals surface area contributed by atoms with Gasteiger partial charge in [0.15, 0.2) is 0 Å². The molecule has 3 rings (SSSR count). The van der Waals surface area contributed by atoms with Crippen LogP contribution in [-0.2, 0) is 14.8 Å². The number of aromatic nitrogens is 1. The quantitative estimate of drug-likeness (QED) is 0.612. The Balaban J connectivity index is 1.89. The van der Waals surface area contributed by atoms with E-state index < -0.39 is 15.9 Å². The molecule has 0 radical (unpaired) electrons. The molecule has 0 fully saturated rings. The maximum atomic E-state index is 13.3. The molecule has 1 heterocycles. The maximum Gasteiger partial charge on any atom is 0.244 e. The predicted octanol–water partition coefficient (Wildman–Crippen LogP) is 3.28. The minimum Gasteiger partial charge on any atom is -0.495 e. The first kappa shape index (κ1) is 20.8. The lowest BCUT2D eigenvalue weighted by atomic mass is 10.2. The molecule has 2 aromatic carbocycles. The number of anilines is 1. The van der Waals surface area contributed by atoms with Gasteiger partial charge in [-0.05, 0) is 30.7 Å². The number of carbonyl (C=O) groups is 1. The van der Waals surface area contributed by atoms with Gasteiger partial charge in [0.05, 0.1) is 24.2 Å². The van der Waals surface area contributed by atoms with Crippen molar-refractivity contribution in [3.63, 3.8) is 0 Å². The summed E-state index contributed by atoms with van der Waals surface area (Å²) < 4.78 is 33.1. The zero-order chi connectivity index (χ0) is 20.9. The van der Waals surface area contributed by atoms with Crippen molar-refractivity contribution >= 4 is 32.4 Å². The van der Waals surface area contributed by atoms with Crippen LogP contribution in [0.25, 0.3) is 10.8 Å². The number of rotatable bonds is 8. The summed E-state index contributed by atoms with van der Waals surface area (Å²) in [6, 6.07) is 13.7. The van der Waals surface area contributed by atoms with Crippen molar-refractivity contribution in [1.82, 2.24) is 9.29 Å². The fourth-order valence-electron chi connectivity index (χ4n) is 3.09. The average molecular weight is 413 g/mol. The van der Waals surface area contributed by atoms with Crippen LogP contribution in [0, 0.1) is 0 Å². The van der Waals surface area contributed by atoms with Gasteiger partial charge < -0.3 is 10.1 Å². The van der Waals surface area contributed by atoms with Gasteiger partial charge in [0, 0.05) is 29.7 Å². The summed E-state index contributed by atoms with van der Waals surface area (Å²) in [5, 5.41) is 4.03. The third-order valence-electron chi connectivity index (χ3n) is 4.43. The highest BCUT2D eigenvalue weighted by Gasteiger charge is 2.27. The first-order valence-corrected chi connectivity index (χ1v) is 10.7. The van der Waals surface area contributed by atoms with E-state index in [0.717, 1.165) is 5.39 Å². The van der Waals surface area contributed by atoms with Gasteiger partial charge in [0.2, 0.25) is 15.9 Å². The second-order valence-corrected chi connectivity index (χ2v) is 8.35. The number of carbonyl (C=O) groups excluding carboxylic acids is 1. The molecule has 1 aromatic heterocycles. The zero-order valence-electron chi connectivity index (χ0n) is 16.3. The van der Waals surface area contributed by atoms with E-state index in [-0.39, 0.29) is 18.0 Å². The Kier molecular flexibility index (Phi) is 6.46. The van der Waals surface area contributed by atoms with Crippen molar-refractivity contribution < 1.29 is 17.9 Å². The van der Waals surface area contributed by atoms with Gasteiger partial charge in [-0.2, -0.15) is 4.31 Å². The molecule has 0 saturated heterocycles. The Morgan fingerprint density at radius 2 is 1.93 bits per heavy atom. The molecule has 0 saturated carbocycles. The molecule has 0 atom stereocenters. The number of hydrogen-bond donors (Lipinski definition) is 1. The standard InChI is InChI=1S/C21H23N3O4S/c1-3-13-24(15-21(25)23-18-8-4-5-9-19(18)28-2)29(26,27)20-10-6-7-16-14-22-12-11-17(16)20/h4-12,14H,3,13,15H2,1-2H3,(H,23,25). The SMILES string of the molecule is CCCN(CC(=O)Nc1ccccc1OC)S(=O)(=O)c1cccc2cnccc12. The highest BCUT2D eigenvalue weighted by molar-refractivity contribution is 7.89. The summed E-state index contributed by atoms with van der Waals surface area (Å²) in [5.41, 5.74) is 0.491. The summed E-state index contributed by atoms with van der Waals surface area (Å²) in [6.45, 7) is 1.80. The van der Waals surface area contributed by atoms with E-state index in [1.807, 2.05) is 6.92 Å². The highest BCUT2D eigenvalue weighted by atomic mass is 32.2. The maximum absolute atomic E-state index is 13.3. The van der Waals surface area contributed by atoms with E-state index >= 15 is 0 Å². The molecular formula is C21H23N3O4S. The molecule has 152 valence electrons. The number of pyridine rings is 1. The smallest absolute Gasteiger partial charge is 0.244 e. The number of sulfonamides is 1. The number of benzene rings is 2. The minimum atomic E-state index is -3.88. The third kappa shape index (κ3) is 4.55. The topological polar surface area (TPSA) is 88.6 Å². The molecule has 7 nitrogen and oxygen atoms in total. The van der Waals surface area contributed by atoms with E-state index in [2.05, 4.69) is 10.3 Å². The Morgan fingerprint density at radius 3 is 2.69 bits per heavy atom. The van der Waals surface area contributed by atoms with E-state index in [4.69, 9.17) is 4.74 Å². The largest absolute Gasteiger partial charge is 0.495 e. The average Bonchev–Trinajstić information content (AvgIpc) is 2.73. The predicted molar refractivity (Wildman–Crippen MR) is 112 cm³/mol. The Bertz CT molecular complexity index is 1110. The molecule has 0 spiro atoms. The number of nitrogens with zero attached hydrogens (tertiary/aromatic N) is 2. The molecule has 1 amide bonds. The highest BCUT2D eigenvalue weighted by Crippen LogP contribution is 2.26.